The number of pyridine rings is 1. The Hall–Kier alpha value is -1.17. The van der Waals surface area contributed by atoms with Gasteiger partial charge in [0.25, 0.3) is 5.56 Å². The number of ether oxygens (including phenoxy) is 2. The zero-order chi connectivity index (χ0) is 13.1. The summed E-state index contributed by atoms with van der Waals surface area (Å²) in [5.74, 6) is 0. The molecule has 0 spiro atoms. The summed E-state index contributed by atoms with van der Waals surface area (Å²) in [6.07, 6.45) is 4.99. The van der Waals surface area contributed by atoms with Gasteiger partial charge in [-0.2, -0.15) is 0 Å². The van der Waals surface area contributed by atoms with Crippen LogP contribution < -0.4 is 5.56 Å². The van der Waals surface area contributed by atoms with Crippen LogP contribution in [-0.2, 0) is 16.0 Å². The standard InChI is InChI=1S/C14H17NO3S/c16-14-11-5-10-19-12(11)4-6-15(14)7-9-18-13-3-1-2-8-17-13/h4-6,10,13H,1-3,7-9H2/t13-/m1/s1. The average molecular weight is 279 g/mol. The molecule has 0 aliphatic carbocycles. The van der Waals surface area contributed by atoms with Crippen LogP contribution in [0.25, 0.3) is 10.1 Å². The fourth-order valence-corrected chi connectivity index (χ4v) is 3.08. The Bertz CT molecular complexity index is 598. The van der Waals surface area contributed by atoms with E-state index in [0.29, 0.717) is 13.2 Å². The van der Waals surface area contributed by atoms with Crippen molar-refractivity contribution >= 4 is 21.4 Å². The summed E-state index contributed by atoms with van der Waals surface area (Å²) in [4.78, 5) is 12.2. The van der Waals surface area contributed by atoms with E-state index in [4.69, 9.17) is 9.47 Å². The molecule has 0 amide bonds. The Kier molecular flexibility index (Phi) is 3.96. The maximum Gasteiger partial charge on any atom is 0.259 e. The van der Waals surface area contributed by atoms with Gasteiger partial charge >= 0.3 is 0 Å². The van der Waals surface area contributed by atoms with Crippen LogP contribution in [0.5, 0.6) is 0 Å². The SMILES string of the molecule is O=c1c2ccsc2ccn1CCO[C@@H]1CCCCO1. The Balaban J connectivity index is 1.61. The van der Waals surface area contributed by atoms with Crippen LogP contribution >= 0.6 is 11.3 Å². The maximum atomic E-state index is 12.2. The van der Waals surface area contributed by atoms with Crippen LogP contribution in [0.4, 0.5) is 0 Å². The third-order valence-electron chi connectivity index (χ3n) is 3.37. The molecule has 3 rings (SSSR count). The zero-order valence-electron chi connectivity index (χ0n) is 10.7. The first-order valence-corrected chi connectivity index (χ1v) is 7.52. The molecule has 4 nitrogen and oxygen atoms in total. The van der Waals surface area contributed by atoms with Gasteiger partial charge < -0.3 is 14.0 Å². The molecular formula is C14H17NO3S. The fourth-order valence-electron chi connectivity index (χ4n) is 2.31. The third kappa shape index (κ3) is 2.88. The smallest absolute Gasteiger partial charge is 0.259 e. The van der Waals surface area contributed by atoms with Crippen LogP contribution in [-0.4, -0.2) is 24.1 Å². The summed E-state index contributed by atoms with van der Waals surface area (Å²) >= 11 is 1.59. The van der Waals surface area contributed by atoms with Crippen molar-refractivity contribution in [3.63, 3.8) is 0 Å². The number of nitrogens with zero attached hydrogens (tertiary/aromatic N) is 1. The number of fused-ring (bicyclic) bond motifs is 1. The molecule has 0 unspecified atom stereocenters. The second-order valence-corrected chi connectivity index (χ2v) is 5.63. The fraction of sp³-hybridized carbons (Fsp3) is 0.500. The summed E-state index contributed by atoms with van der Waals surface area (Å²) in [5, 5.41) is 2.74. The highest BCUT2D eigenvalue weighted by molar-refractivity contribution is 7.17. The molecule has 1 aliphatic heterocycles. The van der Waals surface area contributed by atoms with Gasteiger partial charge in [0.2, 0.25) is 0 Å². The summed E-state index contributed by atoms with van der Waals surface area (Å²) < 4.78 is 13.9. The Morgan fingerprint density at radius 3 is 3.21 bits per heavy atom. The Morgan fingerprint density at radius 1 is 1.42 bits per heavy atom. The lowest BCUT2D eigenvalue weighted by atomic mass is 10.2. The minimum atomic E-state index is -0.0886. The van der Waals surface area contributed by atoms with E-state index >= 15 is 0 Å². The minimum absolute atomic E-state index is 0.0620. The van der Waals surface area contributed by atoms with Crippen molar-refractivity contribution in [1.29, 1.82) is 0 Å². The van der Waals surface area contributed by atoms with E-state index in [0.717, 1.165) is 36.0 Å². The van der Waals surface area contributed by atoms with E-state index in [9.17, 15) is 4.79 Å². The highest BCUT2D eigenvalue weighted by atomic mass is 32.1. The molecule has 0 bridgehead atoms. The molecule has 0 aromatic carbocycles. The van der Waals surface area contributed by atoms with Crippen molar-refractivity contribution in [3.05, 3.63) is 34.1 Å². The van der Waals surface area contributed by atoms with Crippen LogP contribution in [0, 0.1) is 0 Å². The number of thiophene rings is 1. The molecule has 0 radical (unpaired) electrons. The van der Waals surface area contributed by atoms with Crippen molar-refractivity contribution in [2.24, 2.45) is 0 Å². The Morgan fingerprint density at radius 2 is 2.37 bits per heavy atom. The van der Waals surface area contributed by atoms with E-state index in [-0.39, 0.29) is 11.8 Å². The highest BCUT2D eigenvalue weighted by Gasteiger charge is 2.13. The van der Waals surface area contributed by atoms with Crippen molar-refractivity contribution < 1.29 is 9.47 Å². The van der Waals surface area contributed by atoms with E-state index in [1.807, 2.05) is 23.7 Å². The van der Waals surface area contributed by atoms with Crippen molar-refractivity contribution in [2.45, 2.75) is 32.1 Å². The average Bonchev–Trinajstić information content (AvgIpc) is 2.92. The quantitative estimate of drug-likeness (QED) is 0.863. The zero-order valence-corrected chi connectivity index (χ0v) is 11.5. The molecule has 1 aliphatic rings. The number of aromatic nitrogens is 1. The van der Waals surface area contributed by atoms with E-state index in [2.05, 4.69) is 0 Å². The summed E-state index contributed by atoms with van der Waals surface area (Å²) in [5.41, 5.74) is 0.0620. The first-order valence-electron chi connectivity index (χ1n) is 6.64. The van der Waals surface area contributed by atoms with Crippen molar-refractivity contribution in [2.75, 3.05) is 13.2 Å². The predicted octanol–water partition coefficient (Wildman–Crippen LogP) is 2.61. The van der Waals surface area contributed by atoms with Crippen molar-refractivity contribution in [3.8, 4) is 0 Å². The predicted molar refractivity (Wildman–Crippen MR) is 75.6 cm³/mol. The number of hydrogen-bond donors (Lipinski definition) is 0. The molecule has 5 heteroatoms. The minimum Gasteiger partial charge on any atom is -0.353 e. The lowest BCUT2D eigenvalue weighted by Crippen LogP contribution is -2.26. The summed E-state index contributed by atoms with van der Waals surface area (Å²) in [6.45, 7) is 1.87. The van der Waals surface area contributed by atoms with Crippen LogP contribution in [0.1, 0.15) is 19.3 Å². The second kappa shape index (κ2) is 5.86. The second-order valence-electron chi connectivity index (χ2n) is 4.68. The lowest BCUT2D eigenvalue weighted by Gasteiger charge is -2.22. The van der Waals surface area contributed by atoms with Gasteiger partial charge in [-0.25, -0.2) is 0 Å². The van der Waals surface area contributed by atoms with Crippen LogP contribution in [0.15, 0.2) is 28.5 Å². The van der Waals surface area contributed by atoms with Gasteiger partial charge in [-0.3, -0.25) is 4.79 Å². The summed E-state index contributed by atoms with van der Waals surface area (Å²) in [7, 11) is 0. The normalized spacial score (nSPS) is 19.9. The third-order valence-corrected chi connectivity index (χ3v) is 4.25. The molecular weight excluding hydrogens is 262 g/mol. The van der Waals surface area contributed by atoms with Gasteiger partial charge in [0.1, 0.15) is 0 Å². The first-order chi connectivity index (χ1) is 9.34. The van der Waals surface area contributed by atoms with Crippen molar-refractivity contribution in [1.82, 2.24) is 4.57 Å². The van der Waals surface area contributed by atoms with E-state index in [1.165, 1.54) is 0 Å². The maximum absolute atomic E-state index is 12.2. The molecule has 1 saturated heterocycles. The molecule has 0 saturated carbocycles. The van der Waals surface area contributed by atoms with Crippen LogP contribution in [0.2, 0.25) is 0 Å². The molecule has 1 atom stereocenters. The van der Waals surface area contributed by atoms with Gasteiger partial charge in [0.15, 0.2) is 6.29 Å². The van der Waals surface area contributed by atoms with Gasteiger partial charge in [0, 0.05) is 24.0 Å². The monoisotopic (exact) mass is 279 g/mol. The van der Waals surface area contributed by atoms with E-state index in [1.54, 1.807) is 15.9 Å². The number of rotatable bonds is 4. The summed E-state index contributed by atoms with van der Waals surface area (Å²) in [6, 6.07) is 3.86. The molecule has 0 N–H and O–H groups in total. The van der Waals surface area contributed by atoms with E-state index < -0.39 is 0 Å². The van der Waals surface area contributed by atoms with Gasteiger partial charge in [-0.1, -0.05) is 0 Å². The largest absolute Gasteiger partial charge is 0.353 e. The van der Waals surface area contributed by atoms with Gasteiger partial charge in [0.05, 0.1) is 12.0 Å². The topological polar surface area (TPSA) is 40.5 Å². The lowest BCUT2D eigenvalue weighted by molar-refractivity contribution is -0.163. The molecule has 2 aromatic heterocycles. The molecule has 1 fully saturated rings. The van der Waals surface area contributed by atoms with Crippen LogP contribution in [0.3, 0.4) is 0 Å². The highest BCUT2D eigenvalue weighted by Crippen LogP contribution is 2.16. The molecule has 3 heterocycles. The first kappa shape index (κ1) is 12.8. The molecule has 19 heavy (non-hydrogen) atoms. The van der Waals surface area contributed by atoms with Gasteiger partial charge in [-0.05, 0) is 36.8 Å². The number of hydrogen-bond acceptors (Lipinski definition) is 4. The molecule has 102 valence electrons. The Labute approximate surface area is 115 Å². The van der Waals surface area contributed by atoms with Gasteiger partial charge in [-0.15, -0.1) is 11.3 Å². The molecule has 2 aromatic rings.